The first-order chi connectivity index (χ1) is 9.06. The zero-order valence-electron chi connectivity index (χ0n) is 10.5. The molecule has 1 N–H and O–H groups in total. The maximum atomic E-state index is 11.0. The van der Waals surface area contributed by atoms with Gasteiger partial charge in [0.15, 0.2) is 11.6 Å². The van der Waals surface area contributed by atoms with Crippen LogP contribution in [0, 0.1) is 6.92 Å². The summed E-state index contributed by atoms with van der Waals surface area (Å²) in [6.07, 6.45) is 0. The van der Waals surface area contributed by atoms with Crippen molar-refractivity contribution in [1.82, 2.24) is 9.55 Å². The fourth-order valence-electron chi connectivity index (χ4n) is 2.11. The number of nitrogens with zero attached hydrogens (tertiary/aromatic N) is 2. The number of imidazole rings is 1. The summed E-state index contributed by atoms with van der Waals surface area (Å²) in [5.41, 5.74) is 1.74. The minimum Gasteiger partial charge on any atom is -0.478 e. The molecule has 2 aromatic heterocycles. The molecular formula is C14H12N2O3. The van der Waals surface area contributed by atoms with Gasteiger partial charge in [-0.05, 0) is 37.3 Å². The molecule has 1 aromatic carbocycles. The molecule has 5 nitrogen and oxygen atoms in total. The molecule has 96 valence electrons. The van der Waals surface area contributed by atoms with Gasteiger partial charge in [0, 0.05) is 7.05 Å². The molecule has 0 aliphatic rings. The minimum absolute atomic E-state index is 0.229. The Kier molecular flexibility index (Phi) is 2.41. The van der Waals surface area contributed by atoms with Crippen molar-refractivity contribution < 1.29 is 14.3 Å². The number of furan rings is 1. The Bertz CT molecular complexity index is 783. The highest BCUT2D eigenvalue weighted by Gasteiger charge is 2.14. The quantitative estimate of drug-likeness (QED) is 0.765. The summed E-state index contributed by atoms with van der Waals surface area (Å²) in [6.45, 7) is 1.87. The average Bonchev–Trinajstić information content (AvgIpc) is 2.93. The molecular weight excluding hydrogens is 244 g/mol. The fourth-order valence-corrected chi connectivity index (χ4v) is 2.11. The van der Waals surface area contributed by atoms with Crippen molar-refractivity contribution in [2.24, 2.45) is 7.05 Å². The molecule has 3 aromatic rings. The van der Waals surface area contributed by atoms with E-state index in [1.165, 1.54) is 0 Å². The van der Waals surface area contributed by atoms with E-state index in [-0.39, 0.29) is 5.56 Å². The standard InChI is InChI=1S/C14H12N2O3/c1-8-3-6-12(19-8)13-15-10-7-9(14(17)18)4-5-11(10)16(13)2/h3-7H,1-2H3,(H,17,18). The number of carboxylic acids is 1. The fraction of sp³-hybridized carbons (Fsp3) is 0.143. The third kappa shape index (κ3) is 1.79. The van der Waals surface area contributed by atoms with E-state index in [0.717, 1.165) is 11.3 Å². The lowest BCUT2D eigenvalue weighted by atomic mass is 10.2. The van der Waals surface area contributed by atoms with Gasteiger partial charge in [-0.2, -0.15) is 0 Å². The molecule has 5 heteroatoms. The molecule has 0 saturated heterocycles. The first-order valence-electron chi connectivity index (χ1n) is 5.83. The molecule has 0 atom stereocenters. The van der Waals surface area contributed by atoms with E-state index in [0.29, 0.717) is 17.1 Å². The highest BCUT2D eigenvalue weighted by Crippen LogP contribution is 2.25. The predicted octanol–water partition coefficient (Wildman–Crippen LogP) is 2.84. The molecule has 3 rings (SSSR count). The molecule has 0 fully saturated rings. The topological polar surface area (TPSA) is 68.3 Å². The lowest BCUT2D eigenvalue weighted by molar-refractivity contribution is 0.0697. The lowest BCUT2D eigenvalue weighted by Crippen LogP contribution is -1.95. The van der Waals surface area contributed by atoms with Gasteiger partial charge < -0.3 is 14.1 Å². The van der Waals surface area contributed by atoms with Crippen LogP contribution in [0.25, 0.3) is 22.6 Å². The molecule has 0 spiro atoms. The number of aryl methyl sites for hydroxylation is 2. The van der Waals surface area contributed by atoms with E-state index < -0.39 is 5.97 Å². The number of aromatic carboxylic acids is 1. The molecule has 19 heavy (non-hydrogen) atoms. The van der Waals surface area contributed by atoms with Gasteiger partial charge in [-0.3, -0.25) is 0 Å². The number of carbonyl (C=O) groups is 1. The van der Waals surface area contributed by atoms with Gasteiger partial charge in [0.25, 0.3) is 0 Å². The molecule has 0 bridgehead atoms. The first kappa shape index (κ1) is 11.5. The second kappa shape index (κ2) is 3.98. The van der Waals surface area contributed by atoms with Crippen LogP contribution in [0.3, 0.4) is 0 Å². The second-order valence-electron chi connectivity index (χ2n) is 4.41. The largest absolute Gasteiger partial charge is 0.478 e. The average molecular weight is 256 g/mol. The van der Waals surface area contributed by atoms with E-state index in [4.69, 9.17) is 9.52 Å². The van der Waals surface area contributed by atoms with Crippen molar-refractivity contribution >= 4 is 17.0 Å². The van der Waals surface area contributed by atoms with Crippen molar-refractivity contribution in [3.63, 3.8) is 0 Å². The van der Waals surface area contributed by atoms with E-state index in [9.17, 15) is 4.79 Å². The van der Waals surface area contributed by atoms with Crippen LogP contribution in [0.1, 0.15) is 16.1 Å². The maximum absolute atomic E-state index is 11.0. The Morgan fingerprint density at radius 1 is 1.32 bits per heavy atom. The molecule has 0 aliphatic heterocycles. The maximum Gasteiger partial charge on any atom is 0.335 e. The number of benzene rings is 1. The minimum atomic E-state index is -0.956. The highest BCUT2D eigenvalue weighted by molar-refractivity contribution is 5.93. The number of hydrogen-bond acceptors (Lipinski definition) is 3. The summed E-state index contributed by atoms with van der Waals surface area (Å²) in [4.78, 5) is 15.4. The molecule has 0 aliphatic carbocycles. The summed E-state index contributed by atoms with van der Waals surface area (Å²) >= 11 is 0. The second-order valence-corrected chi connectivity index (χ2v) is 4.41. The highest BCUT2D eigenvalue weighted by atomic mass is 16.4. The summed E-state index contributed by atoms with van der Waals surface area (Å²) in [7, 11) is 1.88. The normalized spacial score (nSPS) is 11.1. The lowest BCUT2D eigenvalue weighted by Gasteiger charge is -1.99. The van der Waals surface area contributed by atoms with Crippen LogP contribution in [0.15, 0.2) is 34.7 Å². The van der Waals surface area contributed by atoms with Crippen LogP contribution in [-0.4, -0.2) is 20.6 Å². The number of rotatable bonds is 2. The number of hydrogen-bond donors (Lipinski definition) is 1. The Morgan fingerprint density at radius 3 is 2.74 bits per heavy atom. The Labute approximate surface area is 109 Å². The molecule has 0 saturated carbocycles. The zero-order chi connectivity index (χ0) is 13.6. The molecule has 2 heterocycles. The van der Waals surface area contributed by atoms with Crippen LogP contribution in [-0.2, 0) is 7.05 Å². The third-order valence-corrected chi connectivity index (χ3v) is 3.09. The van der Waals surface area contributed by atoms with Crippen molar-refractivity contribution in [3.8, 4) is 11.6 Å². The van der Waals surface area contributed by atoms with Gasteiger partial charge >= 0.3 is 5.97 Å². The zero-order valence-corrected chi connectivity index (χ0v) is 10.5. The van der Waals surface area contributed by atoms with Crippen molar-refractivity contribution in [2.75, 3.05) is 0 Å². The predicted molar refractivity (Wildman–Crippen MR) is 70.1 cm³/mol. The number of aromatic nitrogens is 2. The Balaban J connectivity index is 2.22. The monoisotopic (exact) mass is 256 g/mol. The van der Waals surface area contributed by atoms with Crippen LogP contribution in [0.4, 0.5) is 0 Å². The number of carboxylic acid groups (broad SMARTS) is 1. The summed E-state index contributed by atoms with van der Waals surface area (Å²) < 4.78 is 7.45. The van der Waals surface area contributed by atoms with E-state index in [1.807, 2.05) is 30.7 Å². The van der Waals surface area contributed by atoms with Crippen molar-refractivity contribution in [3.05, 3.63) is 41.7 Å². The van der Waals surface area contributed by atoms with Crippen LogP contribution in [0.5, 0.6) is 0 Å². The van der Waals surface area contributed by atoms with Crippen LogP contribution >= 0.6 is 0 Å². The first-order valence-corrected chi connectivity index (χ1v) is 5.83. The summed E-state index contributed by atoms with van der Waals surface area (Å²) in [5.74, 6) is 1.22. The van der Waals surface area contributed by atoms with E-state index in [2.05, 4.69) is 4.98 Å². The van der Waals surface area contributed by atoms with Gasteiger partial charge in [-0.25, -0.2) is 9.78 Å². The third-order valence-electron chi connectivity index (χ3n) is 3.09. The van der Waals surface area contributed by atoms with Gasteiger partial charge in [-0.1, -0.05) is 0 Å². The molecule has 0 unspecified atom stereocenters. The van der Waals surface area contributed by atoms with E-state index >= 15 is 0 Å². The summed E-state index contributed by atoms with van der Waals surface area (Å²) in [5, 5.41) is 8.99. The Morgan fingerprint density at radius 2 is 2.11 bits per heavy atom. The van der Waals surface area contributed by atoms with Crippen LogP contribution in [0.2, 0.25) is 0 Å². The van der Waals surface area contributed by atoms with Gasteiger partial charge in [0.1, 0.15) is 5.76 Å². The van der Waals surface area contributed by atoms with Gasteiger partial charge in [-0.15, -0.1) is 0 Å². The Hall–Kier alpha value is -2.56. The van der Waals surface area contributed by atoms with Gasteiger partial charge in [0.05, 0.1) is 16.6 Å². The van der Waals surface area contributed by atoms with Gasteiger partial charge in [0.2, 0.25) is 0 Å². The number of fused-ring (bicyclic) bond motifs is 1. The SMILES string of the molecule is Cc1ccc(-c2nc3cc(C(=O)O)ccc3n2C)o1. The molecule has 0 amide bonds. The van der Waals surface area contributed by atoms with Crippen LogP contribution < -0.4 is 0 Å². The smallest absolute Gasteiger partial charge is 0.335 e. The molecule has 0 radical (unpaired) electrons. The van der Waals surface area contributed by atoms with Crippen molar-refractivity contribution in [2.45, 2.75) is 6.92 Å². The van der Waals surface area contributed by atoms with Crippen molar-refractivity contribution in [1.29, 1.82) is 0 Å². The van der Waals surface area contributed by atoms with E-state index in [1.54, 1.807) is 18.2 Å². The summed E-state index contributed by atoms with van der Waals surface area (Å²) in [6, 6.07) is 8.62.